The van der Waals surface area contributed by atoms with E-state index in [1.807, 2.05) is 38.1 Å². The van der Waals surface area contributed by atoms with Crippen LogP contribution in [-0.4, -0.2) is 38.8 Å². The Hall–Kier alpha value is -1.90. The summed E-state index contributed by atoms with van der Waals surface area (Å²) in [5.74, 6) is 0.443. The van der Waals surface area contributed by atoms with Gasteiger partial charge in [-0.05, 0) is 68.1 Å². The van der Waals surface area contributed by atoms with Gasteiger partial charge in [0.1, 0.15) is 5.75 Å². The lowest BCUT2D eigenvalue weighted by atomic mass is 9.96. The molecule has 1 atom stereocenters. The molecule has 2 aromatic carbocycles. The highest BCUT2D eigenvalue weighted by molar-refractivity contribution is 9.10. The summed E-state index contributed by atoms with van der Waals surface area (Å²) in [4.78, 5) is 12.9. The first kappa shape index (κ1) is 22.8. The van der Waals surface area contributed by atoms with Crippen LogP contribution in [0.2, 0.25) is 0 Å². The fourth-order valence-corrected chi connectivity index (χ4v) is 5.50. The van der Waals surface area contributed by atoms with Gasteiger partial charge in [-0.1, -0.05) is 28.1 Å². The van der Waals surface area contributed by atoms with Crippen molar-refractivity contribution in [2.45, 2.75) is 37.6 Å². The summed E-state index contributed by atoms with van der Waals surface area (Å²) in [7, 11) is -2.03. The second-order valence-electron chi connectivity index (χ2n) is 7.59. The van der Waals surface area contributed by atoms with Crippen LogP contribution in [0.15, 0.2) is 51.8 Å². The molecule has 0 spiro atoms. The van der Waals surface area contributed by atoms with Gasteiger partial charge in [0.25, 0.3) is 0 Å². The van der Waals surface area contributed by atoms with Crippen LogP contribution in [-0.2, 0) is 14.8 Å². The lowest BCUT2D eigenvalue weighted by Gasteiger charge is -2.31. The molecule has 0 radical (unpaired) electrons. The van der Waals surface area contributed by atoms with Crippen LogP contribution in [0.25, 0.3) is 0 Å². The van der Waals surface area contributed by atoms with Crippen molar-refractivity contribution in [2.24, 2.45) is 5.92 Å². The first-order valence-electron chi connectivity index (χ1n) is 9.93. The van der Waals surface area contributed by atoms with Gasteiger partial charge in [0, 0.05) is 23.5 Å². The summed E-state index contributed by atoms with van der Waals surface area (Å²) in [5, 5.41) is 3.05. The smallest absolute Gasteiger partial charge is 0.243 e. The number of hydrogen-bond donors (Lipinski definition) is 1. The minimum absolute atomic E-state index is 0.0252. The minimum Gasteiger partial charge on any atom is -0.496 e. The predicted molar refractivity (Wildman–Crippen MR) is 120 cm³/mol. The van der Waals surface area contributed by atoms with Crippen molar-refractivity contribution >= 4 is 31.9 Å². The fraction of sp³-hybridized carbons (Fsp3) is 0.409. The first-order valence-corrected chi connectivity index (χ1v) is 12.2. The molecule has 0 aliphatic carbocycles. The van der Waals surface area contributed by atoms with Crippen LogP contribution in [0.1, 0.15) is 36.9 Å². The molecular weight excluding hydrogens is 468 g/mol. The molecular formula is C22H27BrN2O4S. The molecule has 1 saturated heterocycles. The number of nitrogens with zero attached hydrogens (tertiary/aromatic N) is 1. The molecule has 6 nitrogen and oxygen atoms in total. The summed E-state index contributed by atoms with van der Waals surface area (Å²) in [6.07, 6.45) is 1.01. The molecule has 30 heavy (non-hydrogen) atoms. The second-order valence-corrected chi connectivity index (χ2v) is 10.4. The van der Waals surface area contributed by atoms with Gasteiger partial charge in [-0.25, -0.2) is 8.42 Å². The van der Waals surface area contributed by atoms with E-state index in [9.17, 15) is 13.2 Å². The normalized spacial score (nSPS) is 16.8. The number of carbonyl (C=O) groups excluding carboxylic acids is 1. The third-order valence-corrected chi connectivity index (χ3v) is 7.98. The summed E-state index contributed by atoms with van der Waals surface area (Å²) in [6, 6.07) is 12.6. The van der Waals surface area contributed by atoms with Crippen molar-refractivity contribution in [1.82, 2.24) is 9.62 Å². The monoisotopic (exact) mass is 494 g/mol. The van der Waals surface area contributed by atoms with E-state index in [4.69, 9.17) is 4.74 Å². The Bertz CT molecular complexity index is 1000. The number of benzene rings is 2. The summed E-state index contributed by atoms with van der Waals surface area (Å²) >= 11 is 3.41. The van der Waals surface area contributed by atoms with Crippen LogP contribution in [0, 0.1) is 12.8 Å². The summed E-state index contributed by atoms with van der Waals surface area (Å²) < 4.78 is 33.6. The Morgan fingerprint density at radius 2 is 1.80 bits per heavy atom. The molecule has 3 rings (SSSR count). The largest absolute Gasteiger partial charge is 0.496 e. The van der Waals surface area contributed by atoms with Crippen molar-refractivity contribution in [1.29, 1.82) is 0 Å². The van der Waals surface area contributed by atoms with Crippen molar-refractivity contribution in [3.05, 3.63) is 58.1 Å². The molecule has 1 amide bonds. The third-order valence-electron chi connectivity index (χ3n) is 5.56. The standard InChI is InChI=1S/C22H27BrN2O4S/c1-15-14-20(8-9-21(15)29-3)30(27,28)25-12-10-18(11-13-25)22(26)24-16(2)17-4-6-19(23)7-5-17/h4-9,14,16,18H,10-13H2,1-3H3,(H,24,26). The molecule has 1 aliphatic heterocycles. The van der Waals surface area contributed by atoms with E-state index in [2.05, 4.69) is 21.2 Å². The maximum absolute atomic E-state index is 13.0. The zero-order chi connectivity index (χ0) is 21.9. The Morgan fingerprint density at radius 1 is 1.17 bits per heavy atom. The van der Waals surface area contributed by atoms with Gasteiger partial charge < -0.3 is 10.1 Å². The quantitative estimate of drug-likeness (QED) is 0.657. The van der Waals surface area contributed by atoms with Crippen molar-refractivity contribution in [3.8, 4) is 5.75 Å². The predicted octanol–water partition coefficient (Wildman–Crippen LogP) is 4.04. The van der Waals surface area contributed by atoms with Crippen LogP contribution in [0.5, 0.6) is 5.75 Å². The second kappa shape index (κ2) is 9.49. The molecule has 1 aliphatic rings. The number of hydrogen-bond acceptors (Lipinski definition) is 4. The number of aryl methyl sites for hydroxylation is 1. The zero-order valence-electron chi connectivity index (χ0n) is 17.4. The number of nitrogens with one attached hydrogen (secondary N) is 1. The Labute approximate surface area is 186 Å². The topological polar surface area (TPSA) is 75.7 Å². The van der Waals surface area contributed by atoms with Gasteiger partial charge in [-0.2, -0.15) is 4.31 Å². The highest BCUT2D eigenvalue weighted by Crippen LogP contribution is 2.27. The number of sulfonamides is 1. The molecule has 1 heterocycles. The molecule has 1 unspecified atom stereocenters. The Morgan fingerprint density at radius 3 is 2.37 bits per heavy atom. The van der Waals surface area contributed by atoms with E-state index < -0.39 is 10.0 Å². The molecule has 1 N–H and O–H groups in total. The van der Waals surface area contributed by atoms with Crippen LogP contribution in [0.4, 0.5) is 0 Å². The van der Waals surface area contributed by atoms with Gasteiger partial charge in [-0.15, -0.1) is 0 Å². The lowest BCUT2D eigenvalue weighted by molar-refractivity contribution is -0.126. The Kier molecular flexibility index (Phi) is 7.21. The number of ether oxygens (including phenoxy) is 1. The first-order chi connectivity index (χ1) is 14.2. The van der Waals surface area contributed by atoms with Crippen molar-refractivity contribution < 1.29 is 17.9 Å². The number of piperidine rings is 1. The average Bonchev–Trinajstić information content (AvgIpc) is 2.74. The molecule has 0 aromatic heterocycles. The van der Waals surface area contributed by atoms with Gasteiger partial charge in [0.2, 0.25) is 15.9 Å². The minimum atomic E-state index is -3.59. The molecule has 8 heteroatoms. The lowest BCUT2D eigenvalue weighted by Crippen LogP contribution is -2.43. The number of methoxy groups -OCH3 is 1. The molecule has 2 aromatic rings. The summed E-state index contributed by atoms with van der Waals surface area (Å²) in [6.45, 7) is 4.43. The number of carbonyl (C=O) groups is 1. The van der Waals surface area contributed by atoms with Gasteiger partial charge in [0.05, 0.1) is 18.0 Å². The fourth-order valence-electron chi connectivity index (χ4n) is 3.68. The van der Waals surface area contributed by atoms with E-state index in [1.165, 1.54) is 4.31 Å². The van der Waals surface area contributed by atoms with E-state index in [0.717, 1.165) is 15.6 Å². The maximum atomic E-state index is 13.0. The third kappa shape index (κ3) is 5.04. The van der Waals surface area contributed by atoms with Crippen molar-refractivity contribution in [2.75, 3.05) is 20.2 Å². The zero-order valence-corrected chi connectivity index (χ0v) is 19.8. The van der Waals surface area contributed by atoms with Gasteiger partial charge in [0.15, 0.2) is 0 Å². The summed E-state index contributed by atoms with van der Waals surface area (Å²) in [5.41, 5.74) is 1.80. The number of amides is 1. The van der Waals surface area contributed by atoms with Crippen LogP contribution in [0.3, 0.4) is 0 Å². The molecule has 162 valence electrons. The highest BCUT2D eigenvalue weighted by Gasteiger charge is 2.32. The van der Waals surface area contributed by atoms with Crippen LogP contribution < -0.4 is 10.1 Å². The van der Waals surface area contributed by atoms with E-state index in [-0.39, 0.29) is 22.8 Å². The van der Waals surface area contributed by atoms with E-state index >= 15 is 0 Å². The van der Waals surface area contributed by atoms with Gasteiger partial charge in [-0.3, -0.25) is 4.79 Å². The number of halogens is 1. The van der Waals surface area contributed by atoms with Crippen LogP contribution >= 0.6 is 15.9 Å². The molecule has 1 fully saturated rings. The highest BCUT2D eigenvalue weighted by atomic mass is 79.9. The van der Waals surface area contributed by atoms with E-state index in [0.29, 0.717) is 31.7 Å². The number of rotatable bonds is 6. The average molecular weight is 495 g/mol. The molecule has 0 saturated carbocycles. The Balaban J connectivity index is 1.60. The molecule has 0 bridgehead atoms. The maximum Gasteiger partial charge on any atom is 0.243 e. The van der Waals surface area contributed by atoms with E-state index in [1.54, 1.807) is 25.3 Å². The van der Waals surface area contributed by atoms with Gasteiger partial charge >= 0.3 is 0 Å². The van der Waals surface area contributed by atoms with Crippen molar-refractivity contribution in [3.63, 3.8) is 0 Å². The SMILES string of the molecule is COc1ccc(S(=O)(=O)N2CCC(C(=O)NC(C)c3ccc(Br)cc3)CC2)cc1C.